The molecule has 0 unspecified atom stereocenters. The van der Waals surface area contributed by atoms with Gasteiger partial charge in [-0.1, -0.05) is 17.3 Å². The zero-order valence-corrected chi connectivity index (χ0v) is 17.0. The first kappa shape index (κ1) is 19.4. The average molecular weight is 393 g/mol. The number of aromatic nitrogens is 3. The van der Waals surface area contributed by atoms with Crippen LogP contribution in [0.2, 0.25) is 0 Å². The monoisotopic (exact) mass is 393 g/mol. The Bertz CT molecular complexity index is 977. The molecule has 1 N–H and O–H groups in total. The number of rotatable bonds is 6. The van der Waals surface area contributed by atoms with Crippen molar-refractivity contribution in [2.75, 3.05) is 19.6 Å². The molecule has 2 aromatic heterocycles. The van der Waals surface area contributed by atoms with Gasteiger partial charge in [0.05, 0.1) is 6.54 Å². The van der Waals surface area contributed by atoms with E-state index in [1.807, 2.05) is 12.4 Å². The van der Waals surface area contributed by atoms with E-state index in [2.05, 4.69) is 56.1 Å². The summed E-state index contributed by atoms with van der Waals surface area (Å²) in [5, 5.41) is 6.78. The Hall–Kier alpha value is -2.93. The molecular formula is C22H27N5O2. The van der Waals surface area contributed by atoms with E-state index in [0.29, 0.717) is 23.9 Å². The van der Waals surface area contributed by atoms with Gasteiger partial charge in [0.25, 0.3) is 5.91 Å². The molecule has 4 rings (SSSR count). The molecule has 1 fully saturated rings. The van der Waals surface area contributed by atoms with Crippen LogP contribution >= 0.6 is 0 Å². The number of nitrogens with zero attached hydrogens (tertiary/aromatic N) is 4. The lowest BCUT2D eigenvalue weighted by Crippen LogP contribution is -2.41. The molecule has 7 heteroatoms. The molecule has 0 radical (unpaired) electrons. The molecule has 0 spiro atoms. The highest BCUT2D eigenvalue weighted by Crippen LogP contribution is 2.20. The van der Waals surface area contributed by atoms with Gasteiger partial charge in [0.2, 0.25) is 0 Å². The molecule has 3 aromatic rings. The Morgan fingerprint density at radius 2 is 2.21 bits per heavy atom. The minimum Gasteiger partial charge on any atom is -0.361 e. The number of piperidine rings is 1. The first-order valence-electron chi connectivity index (χ1n) is 10.1. The van der Waals surface area contributed by atoms with Gasteiger partial charge in [-0.25, -0.2) is 4.98 Å². The molecule has 1 amide bonds. The topological polar surface area (TPSA) is 76.2 Å². The van der Waals surface area contributed by atoms with Gasteiger partial charge < -0.3 is 14.4 Å². The van der Waals surface area contributed by atoms with Crippen molar-refractivity contribution in [2.24, 2.45) is 5.92 Å². The van der Waals surface area contributed by atoms with Gasteiger partial charge in [0.1, 0.15) is 11.6 Å². The number of aryl methyl sites for hydroxylation is 2. The summed E-state index contributed by atoms with van der Waals surface area (Å²) in [6, 6.07) is 10.1. The zero-order chi connectivity index (χ0) is 20.2. The molecule has 1 aliphatic heterocycles. The van der Waals surface area contributed by atoms with Crippen LogP contribution in [0.3, 0.4) is 0 Å². The second kappa shape index (κ2) is 8.61. The number of imidazole rings is 1. The molecule has 3 heterocycles. The smallest absolute Gasteiger partial charge is 0.273 e. The van der Waals surface area contributed by atoms with Crippen molar-refractivity contribution in [3.63, 3.8) is 0 Å². The molecule has 152 valence electrons. The minimum absolute atomic E-state index is 0.172. The first-order chi connectivity index (χ1) is 14.1. The second-order valence-corrected chi connectivity index (χ2v) is 7.83. The summed E-state index contributed by atoms with van der Waals surface area (Å²) >= 11 is 0. The number of benzene rings is 1. The van der Waals surface area contributed by atoms with Crippen LogP contribution < -0.4 is 5.32 Å². The van der Waals surface area contributed by atoms with E-state index in [9.17, 15) is 4.79 Å². The fourth-order valence-corrected chi connectivity index (χ4v) is 3.93. The number of nitrogens with one attached hydrogen (secondary N) is 1. The fraction of sp³-hybridized carbons (Fsp3) is 0.409. The number of hydrogen-bond donors (Lipinski definition) is 1. The fourth-order valence-electron chi connectivity index (χ4n) is 3.93. The van der Waals surface area contributed by atoms with Crippen LogP contribution in [0.5, 0.6) is 0 Å². The minimum atomic E-state index is -0.172. The number of amides is 1. The standard InChI is InChI=1S/C22H27N5O2/c1-16-5-3-7-19(11-16)27-10-8-23-21(27)15-26-9-4-6-18(14-26)13-24-22(28)20-12-17(2)29-25-20/h3,5,7-8,10-12,18H,4,6,9,13-15H2,1-2H3,(H,24,28)/t18-/m1/s1. The van der Waals surface area contributed by atoms with Crippen LogP contribution in [0.4, 0.5) is 0 Å². The lowest BCUT2D eigenvalue weighted by Gasteiger charge is -2.32. The molecule has 0 aliphatic carbocycles. The third-order valence-corrected chi connectivity index (χ3v) is 5.38. The number of carbonyl (C=O) groups excluding carboxylic acids is 1. The molecule has 1 aliphatic rings. The maximum Gasteiger partial charge on any atom is 0.273 e. The summed E-state index contributed by atoms with van der Waals surface area (Å²) in [5.74, 6) is 1.93. The maximum atomic E-state index is 12.2. The molecule has 0 bridgehead atoms. The number of carbonyl (C=O) groups is 1. The predicted octanol–water partition coefficient (Wildman–Crippen LogP) is 3.12. The molecule has 1 saturated heterocycles. The van der Waals surface area contributed by atoms with E-state index < -0.39 is 0 Å². The predicted molar refractivity (Wildman–Crippen MR) is 110 cm³/mol. The number of likely N-dealkylation sites (tertiary alicyclic amines) is 1. The normalized spacial score (nSPS) is 17.4. The Morgan fingerprint density at radius 1 is 1.31 bits per heavy atom. The largest absolute Gasteiger partial charge is 0.361 e. The highest BCUT2D eigenvalue weighted by Gasteiger charge is 2.22. The second-order valence-electron chi connectivity index (χ2n) is 7.83. The maximum absolute atomic E-state index is 12.2. The SMILES string of the molecule is Cc1cccc(-n2ccnc2CN2CCC[C@H](CNC(=O)c3cc(C)on3)C2)c1. The van der Waals surface area contributed by atoms with Crippen molar-refractivity contribution < 1.29 is 9.32 Å². The van der Waals surface area contributed by atoms with Crippen LogP contribution in [0.25, 0.3) is 5.69 Å². The van der Waals surface area contributed by atoms with Gasteiger partial charge in [0.15, 0.2) is 5.69 Å². The summed E-state index contributed by atoms with van der Waals surface area (Å²) in [6.45, 7) is 7.32. The van der Waals surface area contributed by atoms with Gasteiger partial charge in [0, 0.05) is 37.2 Å². The lowest BCUT2D eigenvalue weighted by atomic mass is 9.98. The highest BCUT2D eigenvalue weighted by molar-refractivity contribution is 5.92. The van der Waals surface area contributed by atoms with E-state index in [4.69, 9.17) is 4.52 Å². The van der Waals surface area contributed by atoms with Crippen molar-refractivity contribution in [3.8, 4) is 5.69 Å². The van der Waals surface area contributed by atoms with Gasteiger partial charge in [-0.05, 0) is 56.8 Å². The molecular weight excluding hydrogens is 366 g/mol. The zero-order valence-electron chi connectivity index (χ0n) is 17.0. The van der Waals surface area contributed by atoms with Crippen molar-refractivity contribution in [2.45, 2.75) is 33.2 Å². The summed E-state index contributed by atoms with van der Waals surface area (Å²) < 4.78 is 7.14. The van der Waals surface area contributed by atoms with Crippen LogP contribution in [0, 0.1) is 19.8 Å². The van der Waals surface area contributed by atoms with Crippen molar-refractivity contribution in [1.82, 2.24) is 24.9 Å². The summed E-state index contributed by atoms with van der Waals surface area (Å²) in [6.07, 6.45) is 6.11. The molecule has 0 saturated carbocycles. The van der Waals surface area contributed by atoms with Gasteiger partial charge in [-0.15, -0.1) is 0 Å². The average Bonchev–Trinajstić information content (AvgIpc) is 3.35. The summed E-state index contributed by atoms with van der Waals surface area (Å²) in [5.41, 5.74) is 2.72. The Balaban J connectivity index is 1.35. The third kappa shape index (κ3) is 4.74. The Morgan fingerprint density at radius 3 is 3.00 bits per heavy atom. The van der Waals surface area contributed by atoms with Crippen molar-refractivity contribution in [1.29, 1.82) is 0 Å². The van der Waals surface area contributed by atoms with E-state index >= 15 is 0 Å². The summed E-state index contributed by atoms with van der Waals surface area (Å²) in [7, 11) is 0. The summed E-state index contributed by atoms with van der Waals surface area (Å²) in [4.78, 5) is 19.2. The third-order valence-electron chi connectivity index (χ3n) is 5.38. The van der Waals surface area contributed by atoms with E-state index in [0.717, 1.165) is 44.0 Å². The molecule has 7 nitrogen and oxygen atoms in total. The van der Waals surface area contributed by atoms with E-state index in [-0.39, 0.29) is 5.91 Å². The van der Waals surface area contributed by atoms with Gasteiger partial charge in [-0.2, -0.15) is 0 Å². The van der Waals surface area contributed by atoms with Gasteiger partial charge >= 0.3 is 0 Å². The van der Waals surface area contributed by atoms with Crippen LogP contribution in [0.1, 0.15) is 40.5 Å². The van der Waals surface area contributed by atoms with Crippen molar-refractivity contribution in [3.05, 3.63) is 65.6 Å². The highest BCUT2D eigenvalue weighted by atomic mass is 16.5. The van der Waals surface area contributed by atoms with E-state index in [1.165, 1.54) is 5.56 Å². The molecule has 29 heavy (non-hydrogen) atoms. The number of hydrogen-bond acceptors (Lipinski definition) is 5. The Kier molecular flexibility index (Phi) is 5.76. The van der Waals surface area contributed by atoms with Crippen LogP contribution in [0.15, 0.2) is 47.2 Å². The first-order valence-corrected chi connectivity index (χ1v) is 10.1. The quantitative estimate of drug-likeness (QED) is 0.696. The Labute approximate surface area is 170 Å². The molecule has 1 atom stereocenters. The van der Waals surface area contributed by atoms with Crippen LogP contribution in [-0.4, -0.2) is 45.1 Å². The molecule has 1 aromatic carbocycles. The van der Waals surface area contributed by atoms with Crippen LogP contribution in [-0.2, 0) is 6.54 Å². The van der Waals surface area contributed by atoms with Gasteiger partial charge in [-0.3, -0.25) is 9.69 Å². The lowest BCUT2D eigenvalue weighted by molar-refractivity contribution is 0.0920. The van der Waals surface area contributed by atoms with Crippen molar-refractivity contribution >= 4 is 5.91 Å². The van der Waals surface area contributed by atoms with E-state index in [1.54, 1.807) is 13.0 Å².